The summed E-state index contributed by atoms with van der Waals surface area (Å²) >= 11 is 0. The molecule has 2 aromatic carbocycles. The molecule has 0 saturated carbocycles. The molecule has 156 valence electrons. The number of hydrogen-bond acceptors (Lipinski definition) is 5. The highest BCUT2D eigenvalue weighted by Crippen LogP contribution is 2.22. The van der Waals surface area contributed by atoms with Gasteiger partial charge in [-0.1, -0.05) is 12.1 Å². The Morgan fingerprint density at radius 2 is 1.79 bits per heavy atom. The zero-order valence-electron chi connectivity index (χ0n) is 16.8. The Morgan fingerprint density at radius 1 is 1.14 bits per heavy atom. The van der Waals surface area contributed by atoms with Crippen LogP contribution in [0.25, 0.3) is 0 Å². The highest BCUT2D eigenvalue weighted by Gasteiger charge is 2.32. The Hall–Kier alpha value is -2.42. The molecule has 0 aromatic heterocycles. The third-order valence-corrected chi connectivity index (χ3v) is 6.37. The fourth-order valence-corrected chi connectivity index (χ4v) is 4.83. The highest BCUT2D eigenvalue weighted by molar-refractivity contribution is 7.89. The van der Waals surface area contributed by atoms with Gasteiger partial charge < -0.3 is 14.8 Å². The van der Waals surface area contributed by atoms with Crippen molar-refractivity contribution < 1.29 is 22.7 Å². The van der Waals surface area contributed by atoms with Gasteiger partial charge in [0.25, 0.3) is 5.91 Å². The largest absolute Gasteiger partial charge is 0.484 e. The lowest BCUT2D eigenvalue weighted by molar-refractivity contribution is -0.118. The lowest BCUT2D eigenvalue weighted by atomic mass is 10.2. The molecule has 1 aliphatic heterocycles. The van der Waals surface area contributed by atoms with Crippen molar-refractivity contribution in [2.45, 2.75) is 37.9 Å². The molecule has 1 amide bonds. The van der Waals surface area contributed by atoms with Crippen molar-refractivity contribution in [1.29, 1.82) is 0 Å². The molecular weight excluding hydrogens is 392 g/mol. The Kier molecular flexibility index (Phi) is 6.56. The first kappa shape index (κ1) is 21.3. The Bertz CT molecular complexity index is 949. The minimum absolute atomic E-state index is 0.132. The number of hydrogen-bond donors (Lipinski definition) is 1. The second-order valence-corrected chi connectivity index (χ2v) is 9.20. The Labute approximate surface area is 171 Å². The van der Waals surface area contributed by atoms with Crippen molar-refractivity contribution in [3.8, 4) is 5.75 Å². The van der Waals surface area contributed by atoms with Gasteiger partial charge in [-0.15, -0.1) is 0 Å². The molecule has 0 spiro atoms. The van der Waals surface area contributed by atoms with Gasteiger partial charge in [0.1, 0.15) is 5.75 Å². The first-order chi connectivity index (χ1) is 13.7. The fraction of sp³-hybridized carbons (Fsp3) is 0.381. The van der Waals surface area contributed by atoms with E-state index in [-0.39, 0.29) is 29.6 Å². The molecule has 0 unspecified atom stereocenters. The summed E-state index contributed by atoms with van der Waals surface area (Å²) in [5.74, 6) is 0.300. The van der Waals surface area contributed by atoms with Crippen molar-refractivity contribution >= 4 is 21.6 Å². The minimum Gasteiger partial charge on any atom is -0.484 e. The SMILES string of the molecule is Cc1cccc(OCC(=O)Nc2ccc(S(=O)(=O)N3C[C@@H](C)O[C@@H](C)C3)cc2)c1. The van der Waals surface area contributed by atoms with Crippen LogP contribution in [0.3, 0.4) is 0 Å². The summed E-state index contributed by atoms with van der Waals surface area (Å²) in [6, 6.07) is 13.6. The van der Waals surface area contributed by atoms with Gasteiger partial charge in [-0.2, -0.15) is 4.31 Å². The monoisotopic (exact) mass is 418 g/mol. The van der Waals surface area contributed by atoms with Crippen LogP contribution in [-0.2, 0) is 19.6 Å². The average Bonchev–Trinajstić information content (AvgIpc) is 2.66. The molecule has 2 atom stereocenters. The number of benzene rings is 2. The summed E-state index contributed by atoms with van der Waals surface area (Å²) < 4.78 is 38.2. The summed E-state index contributed by atoms with van der Waals surface area (Å²) in [7, 11) is -3.61. The third kappa shape index (κ3) is 5.56. The molecule has 1 N–H and O–H groups in total. The predicted octanol–water partition coefficient (Wildman–Crippen LogP) is 2.81. The molecule has 7 nitrogen and oxygen atoms in total. The summed E-state index contributed by atoms with van der Waals surface area (Å²) in [6.45, 7) is 6.17. The third-order valence-electron chi connectivity index (χ3n) is 4.52. The maximum Gasteiger partial charge on any atom is 0.262 e. The van der Waals surface area contributed by atoms with Gasteiger partial charge in [0.2, 0.25) is 10.0 Å². The zero-order valence-corrected chi connectivity index (χ0v) is 17.6. The molecule has 8 heteroatoms. The van der Waals surface area contributed by atoms with Gasteiger partial charge in [0.15, 0.2) is 6.61 Å². The number of anilines is 1. The van der Waals surface area contributed by atoms with E-state index >= 15 is 0 Å². The molecule has 1 heterocycles. The first-order valence-electron chi connectivity index (χ1n) is 9.49. The van der Waals surface area contributed by atoms with E-state index in [1.54, 1.807) is 18.2 Å². The van der Waals surface area contributed by atoms with Gasteiger partial charge in [0, 0.05) is 18.8 Å². The molecule has 1 fully saturated rings. The number of ether oxygens (including phenoxy) is 2. The van der Waals surface area contributed by atoms with Crippen LogP contribution in [0.4, 0.5) is 5.69 Å². The van der Waals surface area contributed by atoms with Crippen molar-refractivity contribution in [3.05, 3.63) is 54.1 Å². The number of nitrogens with zero attached hydrogens (tertiary/aromatic N) is 1. The van der Waals surface area contributed by atoms with Crippen molar-refractivity contribution in [2.24, 2.45) is 0 Å². The molecule has 2 aromatic rings. The van der Waals surface area contributed by atoms with Gasteiger partial charge in [-0.05, 0) is 62.7 Å². The van der Waals surface area contributed by atoms with Crippen LogP contribution in [-0.4, -0.2) is 50.5 Å². The summed E-state index contributed by atoms with van der Waals surface area (Å²) in [5, 5.41) is 2.71. The number of nitrogens with one attached hydrogen (secondary N) is 1. The molecule has 1 aliphatic rings. The van der Waals surface area contributed by atoms with Gasteiger partial charge >= 0.3 is 0 Å². The molecule has 0 radical (unpaired) electrons. The van der Waals surface area contributed by atoms with Crippen molar-refractivity contribution in [1.82, 2.24) is 4.31 Å². The van der Waals surface area contributed by atoms with Gasteiger partial charge in [0.05, 0.1) is 17.1 Å². The van der Waals surface area contributed by atoms with E-state index in [4.69, 9.17) is 9.47 Å². The van der Waals surface area contributed by atoms with Crippen LogP contribution >= 0.6 is 0 Å². The molecule has 0 aliphatic carbocycles. The number of aryl methyl sites for hydroxylation is 1. The summed E-state index contributed by atoms with van der Waals surface area (Å²) in [6.07, 6.45) is -0.305. The standard InChI is InChI=1S/C21H26N2O5S/c1-15-5-4-6-19(11-15)27-14-21(24)22-18-7-9-20(10-8-18)29(25,26)23-12-16(2)28-17(3)13-23/h4-11,16-17H,12-14H2,1-3H3,(H,22,24)/t16-,17+. The van der Waals surface area contributed by atoms with Crippen LogP contribution in [0, 0.1) is 6.92 Å². The number of morpholine rings is 1. The van der Waals surface area contributed by atoms with E-state index < -0.39 is 10.0 Å². The summed E-state index contributed by atoms with van der Waals surface area (Å²) in [5.41, 5.74) is 1.55. The lowest BCUT2D eigenvalue weighted by Crippen LogP contribution is -2.48. The van der Waals surface area contributed by atoms with Crippen molar-refractivity contribution in [2.75, 3.05) is 25.0 Å². The molecular formula is C21H26N2O5S. The number of carbonyl (C=O) groups excluding carboxylic acids is 1. The van der Waals surface area contributed by atoms with Gasteiger partial charge in [-0.25, -0.2) is 8.42 Å². The topological polar surface area (TPSA) is 84.9 Å². The number of rotatable bonds is 6. The van der Waals surface area contributed by atoms with E-state index in [9.17, 15) is 13.2 Å². The molecule has 0 bridgehead atoms. The number of amides is 1. The minimum atomic E-state index is -3.61. The average molecular weight is 419 g/mol. The van der Waals surface area contributed by atoms with Crippen molar-refractivity contribution in [3.63, 3.8) is 0 Å². The second-order valence-electron chi connectivity index (χ2n) is 7.26. The lowest BCUT2D eigenvalue weighted by Gasteiger charge is -2.34. The molecule has 3 rings (SSSR count). The molecule has 1 saturated heterocycles. The zero-order chi connectivity index (χ0) is 21.0. The predicted molar refractivity (Wildman–Crippen MR) is 111 cm³/mol. The smallest absolute Gasteiger partial charge is 0.262 e. The maximum absolute atomic E-state index is 12.9. The van der Waals surface area contributed by atoms with Gasteiger partial charge in [-0.3, -0.25) is 4.79 Å². The molecule has 29 heavy (non-hydrogen) atoms. The second kappa shape index (κ2) is 8.94. The Balaban J connectivity index is 1.60. The van der Waals surface area contributed by atoms with E-state index in [1.807, 2.05) is 39.0 Å². The fourth-order valence-electron chi connectivity index (χ4n) is 3.24. The number of sulfonamides is 1. The quantitative estimate of drug-likeness (QED) is 0.780. The van der Waals surface area contributed by atoms with Crippen LogP contribution < -0.4 is 10.1 Å². The van der Waals surface area contributed by atoms with Crippen LogP contribution in [0.5, 0.6) is 5.75 Å². The van der Waals surface area contributed by atoms with E-state index in [0.717, 1.165) is 5.56 Å². The number of carbonyl (C=O) groups is 1. The van der Waals surface area contributed by atoms with E-state index in [2.05, 4.69) is 5.32 Å². The van der Waals surface area contributed by atoms with Crippen LogP contribution in [0.2, 0.25) is 0 Å². The first-order valence-corrected chi connectivity index (χ1v) is 10.9. The summed E-state index contributed by atoms with van der Waals surface area (Å²) in [4.78, 5) is 12.3. The normalized spacial score (nSPS) is 20.2. The van der Waals surface area contributed by atoms with Crippen LogP contribution in [0.15, 0.2) is 53.4 Å². The highest BCUT2D eigenvalue weighted by atomic mass is 32.2. The maximum atomic E-state index is 12.9. The Morgan fingerprint density at radius 3 is 2.41 bits per heavy atom. The van der Waals surface area contributed by atoms with E-state index in [1.165, 1.54) is 16.4 Å². The van der Waals surface area contributed by atoms with E-state index in [0.29, 0.717) is 24.5 Å². The van der Waals surface area contributed by atoms with Crippen LogP contribution in [0.1, 0.15) is 19.4 Å².